The molecule has 0 radical (unpaired) electrons. The van der Waals surface area contributed by atoms with Crippen LogP contribution in [-0.2, 0) is 33.3 Å². The smallest absolute Gasteiger partial charge is 0.361 e. The minimum absolute atomic E-state index is 0.184. The van der Waals surface area contributed by atoms with E-state index in [1.54, 1.807) is 0 Å². The van der Waals surface area contributed by atoms with Gasteiger partial charge in [-0.1, -0.05) is 367 Å². The number of quaternary nitrogens is 1. The van der Waals surface area contributed by atoms with Crippen molar-refractivity contribution in [2.45, 2.75) is 386 Å². The predicted octanol–water partition coefficient (Wildman–Crippen LogP) is 26.5. The first-order chi connectivity index (χ1) is 47.6. The first-order valence-electron chi connectivity index (χ1n) is 41.1. The molecule has 0 spiro atoms. The van der Waals surface area contributed by atoms with Gasteiger partial charge in [-0.2, -0.15) is 0 Å². The lowest BCUT2D eigenvalue weighted by Crippen LogP contribution is -2.40. The van der Waals surface area contributed by atoms with Crippen molar-refractivity contribution >= 4 is 17.9 Å². The van der Waals surface area contributed by atoms with E-state index in [2.05, 4.69) is 123 Å². The Hall–Kier alpha value is -4.05. The highest BCUT2D eigenvalue weighted by Crippen LogP contribution is 2.19. The van der Waals surface area contributed by atoms with Gasteiger partial charge in [0.25, 0.3) is 6.29 Å². The summed E-state index contributed by atoms with van der Waals surface area (Å²) in [6.45, 7) is 4.80. The summed E-state index contributed by atoms with van der Waals surface area (Å²) in [6.07, 6.45) is 107. The fourth-order valence-electron chi connectivity index (χ4n) is 11.8. The van der Waals surface area contributed by atoms with Gasteiger partial charge in [0.1, 0.15) is 13.2 Å². The number of carboxylic acids is 1. The number of carbonyl (C=O) groups excluding carboxylic acids is 2. The Bertz CT molecular complexity index is 1970. The molecule has 2 unspecified atom stereocenters. The number of aliphatic carboxylic acids is 1. The number of hydrogen-bond acceptors (Lipinski definition) is 7. The molecule has 0 aliphatic carbocycles. The van der Waals surface area contributed by atoms with E-state index in [1.807, 2.05) is 21.1 Å². The van der Waals surface area contributed by atoms with Crippen molar-refractivity contribution in [1.82, 2.24) is 0 Å². The van der Waals surface area contributed by atoms with Crippen LogP contribution < -0.4 is 0 Å². The molecule has 0 aliphatic heterocycles. The lowest BCUT2D eigenvalue weighted by molar-refractivity contribution is -0.870. The van der Waals surface area contributed by atoms with Crippen molar-refractivity contribution in [2.75, 3.05) is 47.5 Å². The van der Waals surface area contributed by atoms with Gasteiger partial charge in [0, 0.05) is 12.8 Å². The van der Waals surface area contributed by atoms with E-state index in [9.17, 15) is 19.5 Å². The van der Waals surface area contributed by atoms with Crippen LogP contribution in [-0.4, -0.2) is 87.4 Å². The molecule has 0 amide bonds. The first kappa shape index (κ1) is 93.0. The van der Waals surface area contributed by atoms with Crippen LogP contribution in [0.4, 0.5) is 0 Å². The van der Waals surface area contributed by atoms with Crippen molar-refractivity contribution in [3.05, 3.63) is 109 Å². The van der Waals surface area contributed by atoms with Crippen LogP contribution in [0.5, 0.6) is 0 Å². The molecule has 0 bridgehead atoms. The van der Waals surface area contributed by atoms with Crippen LogP contribution in [0, 0.1) is 0 Å². The summed E-state index contributed by atoms with van der Waals surface area (Å²) in [5.41, 5.74) is 0. The van der Waals surface area contributed by atoms with E-state index < -0.39 is 24.3 Å². The van der Waals surface area contributed by atoms with Crippen LogP contribution in [0.1, 0.15) is 373 Å². The third kappa shape index (κ3) is 79.2. The van der Waals surface area contributed by atoms with Gasteiger partial charge in [0.05, 0.1) is 34.4 Å². The van der Waals surface area contributed by atoms with Gasteiger partial charge in [0.2, 0.25) is 0 Å². The van der Waals surface area contributed by atoms with E-state index >= 15 is 0 Å². The normalized spacial score (nSPS) is 13.2. The summed E-state index contributed by atoms with van der Waals surface area (Å²) >= 11 is 0. The zero-order chi connectivity index (χ0) is 70.4. The Kier molecular flexibility index (Phi) is 74.4. The van der Waals surface area contributed by atoms with Crippen molar-refractivity contribution in [3.63, 3.8) is 0 Å². The second-order valence-electron chi connectivity index (χ2n) is 28.7. The first-order valence-corrected chi connectivity index (χ1v) is 41.1. The van der Waals surface area contributed by atoms with Crippen molar-refractivity contribution in [2.24, 2.45) is 0 Å². The van der Waals surface area contributed by atoms with E-state index in [0.717, 1.165) is 96.3 Å². The predicted molar refractivity (Wildman–Crippen MR) is 419 cm³/mol. The summed E-state index contributed by atoms with van der Waals surface area (Å²) in [5.74, 6) is -2.00. The van der Waals surface area contributed by atoms with Crippen molar-refractivity contribution in [1.29, 1.82) is 0 Å². The number of nitrogens with zero attached hydrogens (tertiary/aromatic N) is 1. The average Bonchev–Trinajstić information content (AvgIpc) is 3.74. The van der Waals surface area contributed by atoms with Crippen molar-refractivity contribution < 1.29 is 42.9 Å². The average molecular weight is 1360 g/mol. The molecular weight excluding hydrogens is 1200 g/mol. The molecule has 0 aliphatic rings. The second kappa shape index (κ2) is 77.7. The van der Waals surface area contributed by atoms with Crippen molar-refractivity contribution in [3.8, 4) is 0 Å². The molecule has 0 aromatic rings. The Balaban J connectivity index is 4.03. The van der Waals surface area contributed by atoms with Crippen LogP contribution in [0.15, 0.2) is 109 Å². The highest BCUT2D eigenvalue weighted by molar-refractivity contribution is 5.71. The number of esters is 2. The zero-order valence-electron chi connectivity index (χ0n) is 64.2. The van der Waals surface area contributed by atoms with Gasteiger partial charge in [-0.3, -0.25) is 9.59 Å². The summed E-state index contributed by atoms with van der Waals surface area (Å²) in [5, 5.41) is 9.78. The lowest BCUT2D eigenvalue weighted by Gasteiger charge is -2.25. The molecular formula is C88H156NO8+. The van der Waals surface area contributed by atoms with Crippen LogP contribution >= 0.6 is 0 Å². The Morgan fingerprint density at radius 1 is 0.320 bits per heavy atom. The number of carbonyl (C=O) groups is 3. The molecule has 9 nitrogen and oxygen atoms in total. The molecule has 0 heterocycles. The van der Waals surface area contributed by atoms with Gasteiger partial charge in [-0.25, -0.2) is 4.79 Å². The Labute approximate surface area is 600 Å². The molecule has 0 saturated carbocycles. The highest BCUT2D eigenvalue weighted by atomic mass is 16.7. The number of rotatable bonds is 76. The summed E-state index contributed by atoms with van der Waals surface area (Å²) in [4.78, 5) is 37.8. The molecule has 0 aromatic heterocycles. The number of carboxylic acid groups (broad SMARTS) is 1. The monoisotopic (exact) mass is 1360 g/mol. The molecule has 1 N–H and O–H groups in total. The highest BCUT2D eigenvalue weighted by Gasteiger charge is 2.25. The third-order valence-corrected chi connectivity index (χ3v) is 18.0. The number of hydrogen-bond donors (Lipinski definition) is 1. The van der Waals surface area contributed by atoms with E-state index in [0.29, 0.717) is 23.9 Å². The maximum atomic E-state index is 13.0. The SMILES string of the molecule is CC/C=C\C/C=C\C/C=C\C/C=C\C/C=C\C/C=C\C/C=C\C/C=C\CCCCCCCCCCCCC(=O)OC(COC(=O)CCCCCCCCCCCCCCCCCCCCCCCCCCC/C=C\CCCCCCCCCC)COC(OCC[N+](C)(C)C)C(=O)O. The van der Waals surface area contributed by atoms with E-state index in [1.165, 1.54) is 244 Å². The van der Waals surface area contributed by atoms with Gasteiger partial charge in [0.15, 0.2) is 6.10 Å². The Morgan fingerprint density at radius 2 is 0.588 bits per heavy atom. The fraction of sp³-hybridized carbons (Fsp3) is 0.761. The van der Waals surface area contributed by atoms with E-state index in [-0.39, 0.29) is 32.2 Å². The molecule has 0 saturated heterocycles. The second-order valence-corrected chi connectivity index (χ2v) is 28.7. The number of unbranched alkanes of at least 4 members (excludes halogenated alkanes) is 43. The van der Waals surface area contributed by atoms with Gasteiger partial charge in [-0.05, 0) is 103 Å². The van der Waals surface area contributed by atoms with Gasteiger partial charge in [-0.15, -0.1) is 0 Å². The number of likely N-dealkylation sites (N-methyl/N-ethyl adjacent to an activating group) is 1. The number of allylic oxidation sites excluding steroid dienone is 18. The van der Waals surface area contributed by atoms with E-state index in [4.69, 9.17) is 18.9 Å². The molecule has 97 heavy (non-hydrogen) atoms. The standard InChI is InChI=1S/C88H155NO8/c1-6-8-10-12-14-16-18-20-22-24-26-28-30-32-34-36-38-40-42-43-45-46-48-50-52-54-56-58-60-62-64-66-68-70-72-74-76-78-85(90)95-82-84(83-96-88(87(92)93)94-81-80-89(3,4)5)97-86(91)79-77-75-73-71-69-67-65-63-61-59-57-55-53-51-49-47-44-41-39-37-35-33-31-29-27-25-23-21-19-17-15-13-11-9-7-2/h9,11,15,17,21,23-24,26-27,29,33,35,39,41,47,49,53,55,84,88H,6-8,10,12-14,16,18-20,22,25,28,30-32,34,36-38,40,42-46,48,50-52,54,56-83H2,1-5H3/p+1/b11-9-,17-15-,23-21-,26-24-,29-27-,35-33-,41-39-,49-47-,55-53-. The zero-order valence-corrected chi connectivity index (χ0v) is 64.2. The van der Waals surface area contributed by atoms with Crippen LogP contribution in [0.3, 0.4) is 0 Å². The van der Waals surface area contributed by atoms with Crippen LogP contribution in [0.2, 0.25) is 0 Å². The maximum Gasteiger partial charge on any atom is 0.361 e. The minimum atomic E-state index is -1.52. The molecule has 0 fully saturated rings. The number of ether oxygens (including phenoxy) is 4. The lowest BCUT2D eigenvalue weighted by atomic mass is 10.0. The summed E-state index contributed by atoms with van der Waals surface area (Å²) < 4.78 is 23.1. The van der Waals surface area contributed by atoms with Gasteiger partial charge >= 0.3 is 17.9 Å². The van der Waals surface area contributed by atoms with Gasteiger partial charge < -0.3 is 28.5 Å². The third-order valence-electron chi connectivity index (χ3n) is 18.0. The molecule has 2 atom stereocenters. The summed E-state index contributed by atoms with van der Waals surface area (Å²) in [7, 11) is 5.99. The molecule has 0 aromatic carbocycles. The minimum Gasteiger partial charge on any atom is -0.477 e. The molecule has 0 rings (SSSR count). The maximum absolute atomic E-state index is 13.0. The Morgan fingerprint density at radius 3 is 0.887 bits per heavy atom. The summed E-state index contributed by atoms with van der Waals surface area (Å²) in [6, 6.07) is 0. The largest absolute Gasteiger partial charge is 0.477 e. The van der Waals surface area contributed by atoms with Crippen LogP contribution in [0.25, 0.3) is 0 Å². The molecule has 560 valence electrons. The topological polar surface area (TPSA) is 108 Å². The quantitative estimate of drug-likeness (QED) is 0.0211. The molecule has 9 heteroatoms. The fourth-order valence-corrected chi connectivity index (χ4v) is 11.8.